The SMILES string of the molecule is Cc1nn(CC[N+](C)(C)C)c(N)c1N.[Cl-]. The van der Waals surface area contributed by atoms with Crippen LogP contribution in [-0.4, -0.2) is 42.0 Å². The third-order valence-corrected chi connectivity index (χ3v) is 2.20. The first kappa shape index (κ1) is 14.1. The van der Waals surface area contributed by atoms with E-state index in [-0.39, 0.29) is 12.4 Å². The summed E-state index contributed by atoms with van der Waals surface area (Å²) in [7, 11) is 6.40. The Morgan fingerprint density at radius 1 is 1.27 bits per heavy atom. The van der Waals surface area contributed by atoms with Gasteiger partial charge in [-0.3, -0.25) is 0 Å². The van der Waals surface area contributed by atoms with Crippen molar-refractivity contribution in [1.82, 2.24) is 9.78 Å². The zero-order valence-electron chi connectivity index (χ0n) is 9.79. The number of anilines is 2. The van der Waals surface area contributed by atoms with Crippen molar-refractivity contribution in [3.63, 3.8) is 0 Å². The van der Waals surface area contributed by atoms with Crippen LogP contribution in [0.25, 0.3) is 0 Å². The number of rotatable bonds is 3. The molecule has 0 fully saturated rings. The van der Waals surface area contributed by atoms with Crippen molar-refractivity contribution >= 4 is 11.5 Å². The molecule has 1 aromatic heterocycles. The van der Waals surface area contributed by atoms with E-state index in [1.165, 1.54) is 0 Å². The number of nitrogen functional groups attached to an aromatic ring is 2. The van der Waals surface area contributed by atoms with Crippen molar-refractivity contribution in [2.24, 2.45) is 0 Å². The highest BCUT2D eigenvalue weighted by atomic mass is 35.5. The summed E-state index contributed by atoms with van der Waals surface area (Å²) in [5.41, 5.74) is 12.9. The fraction of sp³-hybridized carbons (Fsp3) is 0.667. The van der Waals surface area contributed by atoms with Crippen molar-refractivity contribution in [2.45, 2.75) is 13.5 Å². The summed E-state index contributed by atoms with van der Waals surface area (Å²) in [5, 5.41) is 4.27. The second-order valence-corrected chi connectivity index (χ2v) is 4.62. The van der Waals surface area contributed by atoms with Crippen LogP contribution in [0.4, 0.5) is 11.5 Å². The van der Waals surface area contributed by atoms with E-state index in [2.05, 4.69) is 26.2 Å². The number of hydrogen-bond donors (Lipinski definition) is 2. The molecule has 15 heavy (non-hydrogen) atoms. The van der Waals surface area contributed by atoms with Crippen LogP contribution in [-0.2, 0) is 6.54 Å². The minimum Gasteiger partial charge on any atom is -1.00 e. The van der Waals surface area contributed by atoms with E-state index in [1.54, 1.807) is 4.68 Å². The molecule has 6 heteroatoms. The molecule has 0 aromatic carbocycles. The standard InChI is InChI=1S/C9H20N5.ClH/c1-7-8(10)9(11)13(12-7)5-6-14(2,3)4;/h5-6,10-11H2,1-4H3;1H/q+1;/p-1. The van der Waals surface area contributed by atoms with Gasteiger partial charge in [0.1, 0.15) is 5.82 Å². The van der Waals surface area contributed by atoms with Crippen molar-refractivity contribution in [3.8, 4) is 0 Å². The van der Waals surface area contributed by atoms with Crippen molar-refractivity contribution in [2.75, 3.05) is 39.2 Å². The molecule has 0 spiro atoms. The van der Waals surface area contributed by atoms with E-state index >= 15 is 0 Å². The second-order valence-electron chi connectivity index (χ2n) is 4.62. The van der Waals surface area contributed by atoms with Gasteiger partial charge < -0.3 is 28.4 Å². The molecule has 5 nitrogen and oxygen atoms in total. The largest absolute Gasteiger partial charge is 1.00 e. The Morgan fingerprint density at radius 2 is 1.80 bits per heavy atom. The first-order valence-electron chi connectivity index (χ1n) is 4.70. The highest BCUT2D eigenvalue weighted by Crippen LogP contribution is 2.17. The molecular weight excluding hydrogens is 214 g/mol. The maximum atomic E-state index is 5.80. The summed E-state index contributed by atoms with van der Waals surface area (Å²) in [6, 6.07) is 0. The molecule has 0 aliphatic rings. The molecule has 0 saturated carbocycles. The van der Waals surface area contributed by atoms with Crippen molar-refractivity contribution in [3.05, 3.63) is 5.69 Å². The molecule has 88 valence electrons. The van der Waals surface area contributed by atoms with Gasteiger partial charge in [0, 0.05) is 0 Å². The van der Waals surface area contributed by atoms with Crippen molar-refractivity contribution in [1.29, 1.82) is 0 Å². The lowest BCUT2D eigenvalue weighted by Crippen LogP contribution is -3.00. The zero-order valence-corrected chi connectivity index (χ0v) is 10.5. The monoisotopic (exact) mass is 233 g/mol. The number of aryl methyl sites for hydroxylation is 1. The van der Waals surface area contributed by atoms with Gasteiger partial charge in [-0.05, 0) is 6.92 Å². The minimum absolute atomic E-state index is 0. The Balaban J connectivity index is 0.00000196. The van der Waals surface area contributed by atoms with Crippen LogP contribution in [0.3, 0.4) is 0 Å². The zero-order chi connectivity index (χ0) is 10.9. The first-order chi connectivity index (χ1) is 6.31. The first-order valence-corrected chi connectivity index (χ1v) is 4.70. The van der Waals surface area contributed by atoms with Gasteiger partial charge in [-0.2, -0.15) is 5.10 Å². The van der Waals surface area contributed by atoms with Crippen LogP contribution in [0.2, 0.25) is 0 Å². The molecule has 0 unspecified atom stereocenters. The van der Waals surface area contributed by atoms with E-state index in [9.17, 15) is 0 Å². The topological polar surface area (TPSA) is 69.9 Å². The lowest BCUT2D eigenvalue weighted by Gasteiger charge is -2.23. The van der Waals surface area contributed by atoms with Crippen LogP contribution in [0.5, 0.6) is 0 Å². The normalized spacial score (nSPS) is 11.2. The molecule has 1 rings (SSSR count). The van der Waals surface area contributed by atoms with Gasteiger partial charge in [-0.15, -0.1) is 0 Å². The van der Waals surface area contributed by atoms with Gasteiger partial charge in [0.25, 0.3) is 0 Å². The Kier molecular flexibility index (Phi) is 4.42. The predicted octanol–water partition coefficient (Wildman–Crippen LogP) is -2.93. The summed E-state index contributed by atoms with van der Waals surface area (Å²) >= 11 is 0. The van der Waals surface area contributed by atoms with E-state index in [0.29, 0.717) is 11.5 Å². The Hall–Kier alpha value is -0.940. The Labute approximate surface area is 97.0 Å². The third kappa shape index (κ3) is 3.60. The van der Waals surface area contributed by atoms with E-state index < -0.39 is 0 Å². The van der Waals surface area contributed by atoms with E-state index in [4.69, 9.17) is 11.5 Å². The van der Waals surface area contributed by atoms with Gasteiger partial charge in [-0.25, -0.2) is 4.68 Å². The van der Waals surface area contributed by atoms with Gasteiger partial charge in [-0.1, -0.05) is 0 Å². The van der Waals surface area contributed by atoms with Crippen LogP contribution >= 0.6 is 0 Å². The molecule has 0 aliphatic heterocycles. The quantitative estimate of drug-likeness (QED) is 0.550. The Bertz CT molecular complexity index is 326. The summed E-state index contributed by atoms with van der Waals surface area (Å²) in [5.74, 6) is 0.580. The molecule has 0 bridgehead atoms. The van der Waals surface area contributed by atoms with Crippen LogP contribution in [0.15, 0.2) is 0 Å². The molecule has 1 aromatic rings. The number of halogens is 1. The number of nitrogens with zero attached hydrogens (tertiary/aromatic N) is 3. The second kappa shape index (κ2) is 4.72. The highest BCUT2D eigenvalue weighted by molar-refractivity contribution is 5.61. The van der Waals surface area contributed by atoms with Gasteiger partial charge in [0.05, 0.1) is 45.6 Å². The number of quaternary nitrogens is 1. The van der Waals surface area contributed by atoms with Gasteiger partial charge >= 0.3 is 0 Å². The lowest BCUT2D eigenvalue weighted by molar-refractivity contribution is -0.871. The van der Waals surface area contributed by atoms with E-state index in [0.717, 1.165) is 23.3 Å². The highest BCUT2D eigenvalue weighted by Gasteiger charge is 2.12. The van der Waals surface area contributed by atoms with Gasteiger partial charge in [0.15, 0.2) is 0 Å². The average molecular weight is 234 g/mol. The molecule has 1 heterocycles. The molecule has 4 N–H and O–H groups in total. The summed E-state index contributed by atoms with van der Waals surface area (Å²) in [6.07, 6.45) is 0. The summed E-state index contributed by atoms with van der Waals surface area (Å²) in [6.45, 7) is 3.65. The fourth-order valence-corrected chi connectivity index (χ4v) is 1.18. The Morgan fingerprint density at radius 3 is 2.13 bits per heavy atom. The third-order valence-electron chi connectivity index (χ3n) is 2.20. The predicted molar refractivity (Wildman–Crippen MR) is 58.7 cm³/mol. The van der Waals surface area contributed by atoms with E-state index in [1.807, 2.05) is 6.92 Å². The molecule has 0 radical (unpaired) electrons. The average Bonchev–Trinajstić information content (AvgIpc) is 2.28. The fourth-order valence-electron chi connectivity index (χ4n) is 1.18. The summed E-state index contributed by atoms with van der Waals surface area (Å²) in [4.78, 5) is 0. The van der Waals surface area contributed by atoms with Gasteiger partial charge in [0.2, 0.25) is 0 Å². The number of hydrogen-bond acceptors (Lipinski definition) is 3. The number of nitrogens with two attached hydrogens (primary N) is 2. The molecule has 0 amide bonds. The molecule has 0 atom stereocenters. The maximum absolute atomic E-state index is 5.80. The molecular formula is C9H20ClN5. The van der Waals surface area contributed by atoms with Crippen LogP contribution in [0.1, 0.15) is 5.69 Å². The number of likely N-dealkylation sites (N-methyl/N-ethyl adjacent to an activating group) is 1. The number of aromatic nitrogens is 2. The maximum Gasteiger partial charge on any atom is 0.145 e. The van der Waals surface area contributed by atoms with Crippen LogP contribution < -0.4 is 23.9 Å². The summed E-state index contributed by atoms with van der Waals surface area (Å²) < 4.78 is 2.66. The smallest absolute Gasteiger partial charge is 0.145 e. The van der Waals surface area contributed by atoms with Crippen molar-refractivity contribution < 1.29 is 16.9 Å². The molecule has 0 aliphatic carbocycles. The molecule has 0 saturated heterocycles. The minimum atomic E-state index is 0. The lowest BCUT2D eigenvalue weighted by atomic mass is 10.4. The van der Waals surface area contributed by atoms with Crippen LogP contribution in [0, 0.1) is 6.92 Å².